The van der Waals surface area contributed by atoms with Crippen LogP contribution in [0, 0.1) is 6.92 Å². The van der Waals surface area contributed by atoms with Crippen LogP contribution < -0.4 is 5.32 Å². The van der Waals surface area contributed by atoms with Crippen LogP contribution in [0.15, 0.2) is 24.3 Å². The maximum Gasteiger partial charge on any atom is 0.251 e. The molecule has 0 saturated heterocycles. The van der Waals surface area contributed by atoms with Gasteiger partial charge in [0.05, 0.1) is 0 Å². The molecular weight excluding hydrogens is 266 g/mol. The normalized spacial score (nSPS) is 12.2. The van der Waals surface area contributed by atoms with Gasteiger partial charge in [-0.05, 0) is 25.0 Å². The van der Waals surface area contributed by atoms with Gasteiger partial charge >= 0.3 is 0 Å². The smallest absolute Gasteiger partial charge is 0.251 e. The van der Waals surface area contributed by atoms with Crippen LogP contribution in [-0.2, 0) is 0 Å². The Kier molecular flexibility index (Phi) is 5.53. The highest BCUT2D eigenvalue weighted by atomic mass is 79.9. The molecule has 0 aromatic heterocycles. The summed E-state index contributed by atoms with van der Waals surface area (Å²) in [5.41, 5.74) is 1.78. The van der Waals surface area contributed by atoms with E-state index in [0.29, 0.717) is 11.4 Å². The molecule has 0 aliphatic heterocycles. The van der Waals surface area contributed by atoms with E-state index in [4.69, 9.17) is 0 Å². The molecule has 1 unspecified atom stereocenters. The molecule has 0 saturated carbocycles. The second-order valence-electron chi connectivity index (χ2n) is 3.91. The number of rotatable bonds is 5. The van der Waals surface area contributed by atoms with Crippen LogP contribution in [0.25, 0.3) is 0 Å². The Morgan fingerprint density at radius 3 is 2.75 bits per heavy atom. The highest BCUT2D eigenvalue weighted by Crippen LogP contribution is 2.09. The Bertz CT molecular complexity index is 352. The van der Waals surface area contributed by atoms with Crippen LogP contribution in [0.4, 0.5) is 0 Å². The van der Waals surface area contributed by atoms with Gasteiger partial charge < -0.3 is 5.32 Å². The molecule has 0 heterocycles. The molecule has 0 bridgehead atoms. The Morgan fingerprint density at radius 2 is 2.12 bits per heavy atom. The number of carbonyl (C=O) groups excluding carboxylic acids is 1. The van der Waals surface area contributed by atoms with Crippen molar-refractivity contribution >= 4 is 21.8 Å². The summed E-state index contributed by atoms with van der Waals surface area (Å²) in [4.78, 5) is 12.2. The largest absolute Gasteiger partial charge is 0.351 e. The Morgan fingerprint density at radius 1 is 1.44 bits per heavy atom. The average Bonchev–Trinajstić information content (AvgIpc) is 2.27. The quantitative estimate of drug-likeness (QED) is 0.826. The summed E-state index contributed by atoms with van der Waals surface area (Å²) in [5, 5.41) is 2.94. The molecule has 0 aliphatic carbocycles. The number of carbonyl (C=O) groups is 1. The second kappa shape index (κ2) is 6.69. The topological polar surface area (TPSA) is 29.1 Å². The molecule has 88 valence electrons. The molecule has 0 aliphatic rings. The van der Waals surface area contributed by atoms with Crippen LogP contribution in [0.3, 0.4) is 0 Å². The van der Waals surface area contributed by atoms with E-state index in [-0.39, 0.29) is 5.91 Å². The minimum absolute atomic E-state index is 0.0126. The molecule has 1 amide bonds. The minimum Gasteiger partial charge on any atom is -0.351 e. The predicted octanol–water partition coefficient (Wildman–Crippen LogP) is 3.29. The van der Waals surface area contributed by atoms with Crippen molar-refractivity contribution in [1.29, 1.82) is 0 Å². The van der Waals surface area contributed by atoms with Crippen molar-refractivity contribution < 1.29 is 4.79 Å². The van der Waals surface area contributed by atoms with Crippen molar-refractivity contribution in [2.75, 3.05) is 6.54 Å². The number of amides is 1. The fourth-order valence-corrected chi connectivity index (χ4v) is 2.16. The lowest BCUT2D eigenvalue weighted by Gasteiger charge is -2.11. The monoisotopic (exact) mass is 283 g/mol. The molecule has 2 nitrogen and oxygen atoms in total. The van der Waals surface area contributed by atoms with Crippen LogP contribution in [-0.4, -0.2) is 17.3 Å². The first-order chi connectivity index (χ1) is 7.65. The molecule has 0 radical (unpaired) electrons. The van der Waals surface area contributed by atoms with E-state index < -0.39 is 0 Å². The van der Waals surface area contributed by atoms with E-state index in [1.165, 1.54) is 0 Å². The van der Waals surface area contributed by atoms with E-state index in [0.717, 1.165) is 24.0 Å². The zero-order valence-corrected chi connectivity index (χ0v) is 11.4. The SMILES string of the molecule is CCCC(Br)CNC(=O)c1ccccc1C. The van der Waals surface area contributed by atoms with Gasteiger partial charge in [0.25, 0.3) is 5.91 Å². The molecule has 0 fully saturated rings. The van der Waals surface area contributed by atoms with Gasteiger partial charge in [0, 0.05) is 16.9 Å². The van der Waals surface area contributed by atoms with Gasteiger partial charge in [-0.3, -0.25) is 4.79 Å². The molecule has 1 atom stereocenters. The lowest BCUT2D eigenvalue weighted by atomic mass is 10.1. The van der Waals surface area contributed by atoms with Crippen LogP contribution in [0.2, 0.25) is 0 Å². The van der Waals surface area contributed by atoms with Crippen molar-refractivity contribution in [3.05, 3.63) is 35.4 Å². The van der Waals surface area contributed by atoms with Crippen LogP contribution in [0.5, 0.6) is 0 Å². The second-order valence-corrected chi connectivity index (χ2v) is 5.21. The number of alkyl halides is 1. The molecule has 16 heavy (non-hydrogen) atoms. The first-order valence-corrected chi connectivity index (χ1v) is 6.54. The average molecular weight is 284 g/mol. The van der Waals surface area contributed by atoms with Crippen LogP contribution in [0.1, 0.15) is 35.7 Å². The van der Waals surface area contributed by atoms with Gasteiger partial charge in [-0.15, -0.1) is 0 Å². The van der Waals surface area contributed by atoms with Gasteiger partial charge in [-0.25, -0.2) is 0 Å². The number of benzene rings is 1. The summed E-state index contributed by atoms with van der Waals surface area (Å²) in [6.45, 7) is 4.77. The Balaban J connectivity index is 2.50. The third-order valence-electron chi connectivity index (χ3n) is 2.48. The molecule has 1 N–H and O–H groups in total. The highest BCUT2D eigenvalue weighted by molar-refractivity contribution is 9.09. The van der Waals surface area contributed by atoms with Crippen molar-refractivity contribution in [2.45, 2.75) is 31.5 Å². The summed E-state index contributed by atoms with van der Waals surface area (Å²) < 4.78 is 0. The summed E-state index contributed by atoms with van der Waals surface area (Å²) in [6.07, 6.45) is 2.20. The molecule has 1 aromatic rings. The van der Waals surface area contributed by atoms with Gasteiger partial charge in [0.2, 0.25) is 0 Å². The van der Waals surface area contributed by atoms with Gasteiger partial charge in [0.1, 0.15) is 0 Å². The zero-order chi connectivity index (χ0) is 12.0. The summed E-state index contributed by atoms with van der Waals surface area (Å²) >= 11 is 3.54. The molecule has 0 spiro atoms. The number of hydrogen-bond donors (Lipinski definition) is 1. The van der Waals surface area contributed by atoms with Gasteiger partial charge in [-0.1, -0.05) is 47.5 Å². The summed E-state index contributed by atoms with van der Waals surface area (Å²) in [5.74, 6) is 0.0126. The Hall–Kier alpha value is -0.830. The zero-order valence-electron chi connectivity index (χ0n) is 9.79. The van der Waals surface area contributed by atoms with E-state index in [2.05, 4.69) is 28.2 Å². The van der Waals surface area contributed by atoms with Crippen molar-refractivity contribution in [3.63, 3.8) is 0 Å². The lowest BCUT2D eigenvalue weighted by molar-refractivity contribution is 0.0953. The first kappa shape index (κ1) is 13.2. The van der Waals surface area contributed by atoms with Crippen LogP contribution >= 0.6 is 15.9 Å². The molecule has 1 rings (SSSR count). The van der Waals surface area contributed by atoms with Gasteiger partial charge in [-0.2, -0.15) is 0 Å². The Labute approximate surface area is 106 Å². The number of hydrogen-bond acceptors (Lipinski definition) is 1. The standard InChI is InChI=1S/C13H18BrNO/c1-3-6-11(14)9-15-13(16)12-8-5-4-7-10(12)2/h4-5,7-8,11H,3,6,9H2,1-2H3,(H,15,16). The maximum absolute atomic E-state index is 11.8. The third kappa shape index (κ3) is 3.97. The predicted molar refractivity (Wildman–Crippen MR) is 71.1 cm³/mol. The van der Waals surface area contributed by atoms with E-state index in [1.54, 1.807) is 0 Å². The molecular formula is C13H18BrNO. The summed E-state index contributed by atoms with van der Waals surface area (Å²) in [7, 11) is 0. The van der Waals surface area contributed by atoms with E-state index in [9.17, 15) is 4.79 Å². The number of nitrogens with one attached hydrogen (secondary N) is 1. The van der Waals surface area contributed by atoms with E-state index >= 15 is 0 Å². The number of aryl methyl sites for hydroxylation is 1. The summed E-state index contributed by atoms with van der Waals surface area (Å²) in [6, 6.07) is 7.64. The van der Waals surface area contributed by atoms with Crippen molar-refractivity contribution in [1.82, 2.24) is 5.32 Å². The fourth-order valence-electron chi connectivity index (χ4n) is 1.54. The molecule has 1 aromatic carbocycles. The maximum atomic E-state index is 11.8. The fraction of sp³-hybridized carbons (Fsp3) is 0.462. The first-order valence-electron chi connectivity index (χ1n) is 5.63. The third-order valence-corrected chi connectivity index (χ3v) is 3.26. The lowest BCUT2D eigenvalue weighted by Crippen LogP contribution is -2.29. The highest BCUT2D eigenvalue weighted by Gasteiger charge is 2.09. The van der Waals surface area contributed by atoms with Gasteiger partial charge in [0.15, 0.2) is 0 Å². The van der Waals surface area contributed by atoms with E-state index in [1.807, 2.05) is 31.2 Å². The van der Waals surface area contributed by atoms with Crippen molar-refractivity contribution in [3.8, 4) is 0 Å². The van der Waals surface area contributed by atoms with Crippen molar-refractivity contribution in [2.24, 2.45) is 0 Å². The minimum atomic E-state index is 0.0126. The molecule has 3 heteroatoms. The number of halogens is 1.